The summed E-state index contributed by atoms with van der Waals surface area (Å²) >= 11 is 0. The molecule has 0 amide bonds. The predicted octanol–water partition coefficient (Wildman–Crippen LogP) is -1.06. The first kappa shape index (κ1) is 8.95. The van der Waals surface area contributed by atoms with Crippen LogP contribution < -0.4 is 0 Å². The fraction of sp³-hybridized carbons (Fsp3) is 0.667. The van der Waals surface area contributed by atoms with E-state index in [0.717, 1.165) is 0 Å². The van der Waals surface area contributed by atoms with Gasteiger partial charge in [0, 0.05) is 0 Å². The van der Waals surface area contributed by atoms with Gasteiger partial charge in [-0.1, -0.05) is 0 Å². The molecule has 0 aromatic heterocycles. The molecule has 1 heterocycles. The van der Waals surface area contributed by atoms with E-state index in [2.05, 4.69) is 0 Å². The van der Waals surface area contributed by atoms with Crippen molar-refractivity contribution in [2.24, 2.45) is 0 Å². The summed E-state index contributed by atoms with van der Waals surface area (Å²) in [5.41, 5.74) is 0. The summed E-state index contributed by atoms with van der Waals surface area (Å²) in [5, 5.41) is 16.8. The largest absolute Gasteiger partial charge is 0.479 e. The Kier molecular flexibility index (Phi) is 2.61. The lowest BCUT2D eigenvalue weighted by molar-refractivity contribution is -0.187. The average molecular weight is 176 g/mol. The van der Waals surface area contributed by atoms with Gasteiger partial charge >= 0.3 is 11.9 Å². The molecule has 0 unspecified atom stereocenters. The van der Waals surface area contributed by atoms with E-state index in [9.17, 15) is 9.59 Å². The highest BCUT2D eigenvalue weighted by molar-refractivity contribution is 5.74. The molecule has 2 N–H and O–H groups in total. The van der Waals surface area contributed by atoms with Crippen molar-refractivity contribution in [2.45, 2.75) is 12.2 Å². The van der Waals surface area contributed by atoms with E-state index in [1.807, 2.05) is 0 Å². The van der Waals surface area contributed by atoms with Crippen LogP contribution in [0.15, 0.2) is 0 Å². The lowest BCUT2D eigenvalue weighted by Gasteiger charge is -2.24. The van der Waals surface area contributed by atoms with Gasteiger partial charge in [0.2, 0.25) is 0 Å². The van der Waals surface area contributed by atoms with Gasteiger partial charge in [-0.3, -0.25) is 0 Å². The molecular formula is C6H8O6. The molecule has 0 aliphatic carbocycles. The Bertz CT molecular complexity index is 170. The van der Waals surface area contributed by atoms with Crippen LogP contribution in [0.25, 0.3) is 0 Å². The summed E-state index contributed by atoms with van der Waals surface area (Å²) in [6.45, 7) is -0.432. The van der Waals surface area contributed by atoms with Crippen LogP contribution in [0.5, 0.6) is 0 Å². The molecule has 68 valence electrons. The Morgan fingerprint density at radius 2 is 1.33 bits per heavy atom. The van der Waals surface area contributed by atoms with Crippen molar-refractivity contribution in [1.82, 2.24) is 0 Å². The molecule has 6 nitrogen and oxygen atoms in total. The van der Waals surface area contributed by atoms with Crippen LogP contribution in [0.4, 0.5) is 0 Å². The predicted molar refractivity (Wildman–Crippen MR) is 34.8 cm³/mol. The van der Waals surface area contributed by atoms with Crippen molar-refractivity contribution in [1.29, 1.82) is 0 Å². The zero-order valence-corrected chi connectivity index (χ0v) is 6.10. The Balaban J connectivity index is 2.39. The first-order chi connectivity index (χ1) is 5.61. The van der Waals surface area contributed by atoms with Gasteiger partial charge in [-0.15, -0.1) is 0 Å². The lowest BCUT2D eigenvalue weighted by atomic mass is 10.3. The normalized spacial score (nSPS) is 29.7. The summed E-state index contributed by atoms with van der Waals surface area (Å²) in [7, 11) is 0. The average Bonchev–Trinajstić information content (AvgIpc) is 2.04. The summed E-state index contributed by atoms with van der Waals surface area (Å²) in [4.78, 5) is 20.6. The molecule has 0 spiro atoms. The maximum absolute atomic E-state index is 10.3. The van der Waals surface area contributed by atoms with E-state index in [0.29, 0.717) is 0 Å². The molecule has 1 aliphatic rings. The minimum atomic E-state index is -1.14. The number of ether oxygens (including phenoxy) is 2. The van der Waals surface area contributed by atoms with Gasteiger partial charge in [-0.25, -0.2) is 9.59 Å². The number of aliphatic carboxylic acids is 2. The zero-order valence-electron chi connectivity index (χ0n) is 6.10. The van der Waals surface area contributed by atoms with Crippen LogP contribution >= 0.6 is 0 Å². The molecule has 1 aliphatic heterocycles. The molecule has 6 heteroatoms. The van der Waals surface area contributed by atoms with Crippen LogP contribution in [0.2, 0.25) is 0 Å². The number of carboxylic acid groups (broad SMARTS) is 2. The molecule has 0 bridgehead atoms. The van der Waals surface area contributed by atoms with Crippen LogP contribution in [0, 0.1) is 0 Å². The van der Waals surface area contributed by atoms with Crippen molar-refractivity contribution in [3.8, 4) is 0 Å². The van der Waals surface area contributed by atoms with Gasteiger partial charge in [-0.05, 0) is 0 Å². The maximum atomic E-state index is 10.3. The number of carboxylic acids is 2. The van der Waals surface area contributed by atoms with Gasteiger partial charge < -0.3 is 19.7 Å². The second-order valence-corrected chi connectivity index (χ2v) is 2.32. The fourth-order valence-corrected chi connectivity index (χ4v) is 0.788. The Hall–Kier alpha value is -1.14. The van der Waals surface area contributed by atoms with Gasteiger partial charge in [-0.2, -0.15) is 0 Å². The SMILES string of the molecule is O=C(O)[C@H]1CO[C@@H](C(=O)O)CO1. The monoisotopic (exact) mass is 176 g/mol. The van der Waals surface area contributed by atoms with Crippen LogP contribution in [0.3, 0.4) is 0 Å². The van der Waals surface area contributed by atoms with E-state index in [1.54, 1.807) is 0 Å². The van der Waals surface area contributed by atoms with Crippen molar-refractivity contribution in [2.75, 3.05) is 13.2 Å². The highest BCUT2D eigenvalue weighted by Gasteiger charge is 2.30. The van der Waals surface area contributed by atoms with Crippen LogP contribution in [-0.2, 0) is 19.1 Å². The van der Waals surface area contributed by atoms with Crippen molar-refractivity contribution in [3.63, 3.8) is 0 Å². The Morgan fingerprint density at radius 3 is 1.50 bits per heavy atom. The molecule has 1 fully saturated rings. The quantitative estimate of drug-likeness (QED) is 0.557. The third kappa shape index (κ3) is 1.93. The van der Waals surface area contributed by atoms with Gasteiger partial charge in [0.25, 0.3) is 0 Å². The molecule has 1 rings (SSSR count). The minimum absolute atomic E-state index is 0.216. The fourth-order valence-electron chi connectivity index (χ4n) is 0.788. The summed E-state index contributed by atoms with van der Waals surface area (Å²) in [5.74, 6) is -2.28. The maximum Gasteiger partial charge on any atom is 0.335 e. The van der Waals surface area contributed by atoms with E-state index in [4.69, 9.17) is 19.7 Å². The molecule has 0 aromatic rings. The lowest BCUT2D eigenvalue weighted by Crippen LogP contribution is -2.43. The summed E-state index contributed by atoms with van der Waals surface area (Å²) < 4.78 is 9.42. The van der Waals surface area contributed by atoms with Crippen LogP contribution in [-0.4, -0.2) is 47.6 Å². The third-order valence-electron chi connectivity index (χ3n) is 1.45. The summed E-state index contributed by atoms with van der Waals surface area (Å²) in [6.07, 6.45) is -2.08. The van der Waals surface area contributed by atoms with Crippen LogP contribution in [0.1, 0.15) is 0 Å². The molecule has 2 atom stereocenters. The molecule has 0 aromatic carbocycles. The smallest absolute Gasteiger partial charge is 0.335 e. The molecule has 0 radical (unpaired) electrons. The van der Waals surface area contributed by atoms with E-state index in [1.165, 1.54) is 0 Å². The first-order valence-corrected chi connectivity index (χ1v) is 3.30. The van der Waals surface area contributed by atoms with Gasteiger partial charge in [0.05, 0.1) is 13.2 Å². The highest BCUT2D eigenvalue weighted by atomic mass is 16.6. The second-order valence-electron chi connectivity index (χ2n) is 2.32. The molecular weight excluding hydrogens is 168 g/mol. The first-order valence-electron chi connectivity index (χ1n) is 3.30. The van der Waals surface area contributed by atoms with E-state index >= 15 is 0 Å². The minimum Gasteiger partial charge on any atom is -0.479 e. The van der Waals surface area contributed by atoms with Gasteiger partial charge in [0.15, 0.2) is 12.2 Å². The standard InChI is InChI=1S/C6H8O6/c7-5(8)3-1-11-4(2-12-3)6(9)10/h3-4H,1-2H2,(H,7,8)(H,9,10)/t3-,4-/m1/s1. The Morgan fingerprint density at radius 1 is 1.00 bits per heavy atom. The zero-order chi connectivity index (χ0) is 9.14. The highest BCUT2D eigenvalue weighted by Crippen LogP contribution is 2.07. The van der Waals surface area contributed by atoms with Crippen molar-refractivity contribution in [3.05, 3.63) is 0 Å². The Labute approximate surface area is 67.7 Å². The third-order valence-corrected chi connectivity index (χ3v) is 1.45. The number of carbonyl (C=O) groups is 2. The number of rotatable bonds is 2. The van der Waals surface area contributed by atoms with Crippen molar-refractivity contribution < 1.29 is 29.3 Å². The number of hydrogen-bond acceptors (Lipinski definition) is 4. The van der Waals surface area contributed by atoms with Crippen molar-refractivity contribution >= 4 is 11.9 Å². The molecule has 12 heavy (non-hydrogen) atoms. The van der Waals surface area contributed by atoms with Gasteiger partial charge in [0.1, 0.15) is 0 Å². The second kappa shape index (κ2) is 3.51. The molecule has 0 saturated carbocycles. The molecule has 1 saturated heterocycles. The van der Waals surface area contributed by atoms with E-state index < -0.39 is 24.1 Å². The van der Waals surface area contributed by atoms with E-state index in [-0.39, 0.29) is 13.2 Å². The number of hydrogen-bond donors (Lipinski definition) is 2. The summed E-state index contributed by atoms with van der Waals surface area (Å²) in [6, 6.07) is 0. The topological polar surface area (TPSA) is 93.1 Å².